The van der Waals surface area contributed by atoms with Gasteiger partial charge in [0.15, 0.2) is 0 Å². The molecule has 0 bridgehead atoms. The van der Waals surface area contributed by atoms with Gasteiger partial charge in [0.2, 0.25) is 5.91 Å². The Bertz CT molecular complexity index is 964. The number of nitrogens with zero attached hydrogens (tertiary/aromatic N) is 1. The summed E-state index contributed by atoms with van der Waals surface area (Å²) in [6.45, 7) is 0.125. The topological polar surface area (TPSA) is 66.5 Å². The van der Waals surface area contributed by atoms with Gasteiger partial charge >= 0.3 is 0 Å². The highest BCUT2D eigenvalue weighted by Crippen LogP contribution is 2.32. The van der Waals surface area contributed by atoms with Crippen molar-refractivity contribution >= 4 is 46.7 Å². The van der Waals surface area contributed by atoms with Gasteiger partial charge in [0.1, 0.15) is 11.6 Å². The number of nitrogens with one attached hydrogen (secondary N) is 1. The fourth-order valence-electron chi connectivity index (χ4n) is 2.46. The van der Waals surface area contributed by atoms with E-state index in [0.29, 0.717) is 0 Å². The molecule has 2 aromatic carbocycles. The molecule has 3 rings (SSSR count). The Kier molecular flexibility index (Phi) is 7.05. The van der Waals surface area contributed by atoms with Crippen LogP contribution in [0.25, 0.3) is 6.08 Å². The van der Waals surface area contributed by atoms with Crippen molar-refractivity contribution in [2.24, 2.45) is 0 Å². The molecule has 0 unspecified atom stereocenters. The summed E-state index contributed by atoms with van der Waals surface area (Å²) in [5.41, 5.74) is 0.226. The first-order valence-electron chi connectivity index (χ1n) is 8.59. The van der Waals surface area contributed by atoms with E-state index in [1.807, 2.05) is 0 Å². The van der Waals surface area contributed by atoms with Crippen LogP contribution in [0.5, 0.6) is 0 Å². The third-order valence-electron chi connectivity index (χ3n) is 3.91. The quantitative estimate of drug-likeness (QED) is 0.529. The lowest BCUT2D eigenvalue weighted by atomic mass is 10.2. The smallest absolute Gasteiger partial charge is 0.293 e. The van der Waals surface area contributed by atoms with Crippen molar-refractivity contribution in [1.82, 2.24) is 10.2 Å². The number of benzene rings is 2. The molecule has 0 aromatic heterocycles. The standard InChI is InChI=1S/C20H16F2N2O3S2/c21-14-5-7-15(8-6-14)28-12-18(25)23-9-10-24-19(26)17(29-20(24)27)11-13-3-1-2-4-16(13)22/h1-8,11H,9-10,12H2,(H,23,25)/b17-11-. The Morgan fingerprint density at radius 2 is 1.83 bits per heavy atom. The van der Waals surface area contributed by atoms with Crippen LogP contribution >= 0.6 is 23.5 Å². The zero-order valence-electron chi connectivity index (χ0n) is 15.1. The van der Waals surface area contributed by atoms with Crippen molar-refractivity contribution in [3.63, 3.8) is 0 Å². The Labute approximate surface area is 174 Å². The van der Waals surface area contributed by atoms with E-state index in [2.05, 4.69) is 5.32 Å². The summed E-state index contributed by atoms with van der Waals surface area (Å²) in [4.78, 5) is 38.3. The van der Waals surface area contributed by atoms with Gasteiger partial charge in [0.25, 0.3) is 11.1 Å². The van der Waals surface area contributed by atoms with Crippen LogP contribution in [0.3, 0.4) is 0 Å². The largest absolute Gasteiger partial charge is 0.354 e. The van der Waals surface area contributed by atoms with Crippen LogP contribution in [0.2, 0.25) is 0 Å². The predicted octanol–water partition coefficient (Wildman–Crippen LogP) is 3.91. The Morgan fingerprint density at radius 1 is 1.10 bits per heavy atom. The Morgan fingerprint density at radius 3 is 2.55 bits per heavy atom. The van der Waals surface area contributed by atoms with Crippen LogP contribution in [0.4, 0.5) is 13.6 Å². The summed E-state index contributed by atoms with van der Waals surface area (Å²) in [6.07, 6.45) is 1.35. The molecule has 0 aliphatic carbocycles. The molecule has 5 nitrogen and oxygen atoms in total. The average molecular weight is 434 g/mol. The Balaban J connectivity index is 1.48. The molecule has 1 fully saturated rings. The van der Waals surface area contributed by atoms with Crippen molar-refractivity contribution in [3.05, 3.63) is 70.6 Å². The SMILES string of the molecule is O=C(CSc1ccc(F)cc1)NCCN1C(=O)S/C(=C\c2ccccc2F)C1=O. The van der Waals surface area contributed by atoms with E-state index in [-0.39, 0.29) is 41.0 Å². The Hall–Kier alpha value is -2.65. The van der Waals surface area contributed by atoms with Crippen molar-refractivity contribution in [2.45, 2.75) is 4.90 Å². The first-order valence-corrected chi connectivity index (χ1v) is 10.4. The van der Waals surface area contributed by atoms with Gasteiger partial charge in [-0.15, -0.1) is 11.8 Å². The molecule has 0 radical (unpaired) electrons. The van der Waals surface area contributed by atoms with E-state index < -0.39 is 17.0 Å². The van der Waals surface area contributed by atoms with Gasteiger partial charge < -0.3 is 5.32 Å². The second-order valence-corrected chi connectivity index (χ2v) is 7.99. The summed E-state index contributed by atoms with van der Waals surface area (Å²) in [5, 5.41) is 2.17. The van der Waals surface area contributed by atoms with Crippen LogP contribution in [0.15, 0.2) is 58.3 Å². The molecule has 3 amide bonds. The third-order valence-corrected chi connectivity index (χ3v) is 5.83. The average Bonchev–Trinajstić information content (AvgIpc) is 2.96. The molecular weight excluding hydrogens is 418 g/mol. The maximum atomic E-state index is 13.7. The maximum absolute atomic E-state index is 13.7. The zero-order valence-corrected chi connectivity index (χ0v) is 16.7. The number of halogens is 2. The van der Waals surface area contributed by atoms with Crippen LogP contribution in [-0.4, -0.2) is 40.8 Å². The first kappa shape index (κ1) is 21.1. The summed E-state index contributed by atoms with van der Waals surface area (Å²) < 4.78 is 26.6. The molecule has 1 aliphatic heterocycles. The van der Waals surface area contributed by atoms with Crippen molar-refractivity contribution in [3.8, 4) is 0 Å². The lowest BCUT2D eigenvalue weighted by Gasteiger charge is -2.13. The van der Waals surface area contributed by atoms with Gasteiger partial charge in [-0.05, 0) is 48.2 Å². The lowest BCUT2D eigenvalue weighted by Crippen LogP contribution is -2.37. The van der Waals surface area contributed by atoms with Crippen LogP contribution in [-0.2, 0) is 9.59 Å². The number of carbonyl (C=O) groups is 3. The van der Waals surface area contributed by atoms with Crippen LogP contribution in [0, 0.1) is 11.6 Å². The van der Waals surface area contributed by atoms with E-state index in [1.165, 1.54) is 48.2 Å². The second-order valence-electron chi connectivity index (χ2n) is 5.95. The third kappa shape index (κ3) is 5.68. The highest BCUT2D eigenvalue weighted by Gasteiger charge is 2.34. The fraction of sp³-hybridized carbons (Fsp3) is 0.150. The minimum Gasteiger partial charge on any atom is -0.354 e. The summed E-state index contributed by atoms with van der Waals surface area (Å²) >= 11 is 1.99. The van der Waals surface area contributed by atoms with Gasteiger partial charge in [-0.2, -0.15) is 0 Å². The molecule has 9 heteroatoms. The molecule has 1 saturated heterocycles. The predicted molar refractivity (Wildman–Crippen MR) is 109 cm³/mol. The van der Waals surface area contributed by atoms with E-state index in [9.17, 15) is 23.2 Å². The first-order chi connectivity index (χ1) is 13.9. The summed E-state index contributed by atoms with van der Waals surface area (Å²) in [6, 6.07) is 11.8. The number of thioether (sulfide) groups is 2. The summed E-state index contributed by atoms with van der Waals surface area (Å²) in [5.74, 6) is -1.49. The maximum Gasteiger partial charge on any atom is 0.293 e. The number of imide groups is 1. The normalized spacial score (nSPS) is 15.2. The molecular formula is C20H16F2N2O3S2. The number of rotatable bonds is 7. The molecule has 1 N–H and O–H groups in total. The van der Waals surface area contributed by atoms with Gasteiger partial charge in [0.05, 0.1) is 10.7 Å². The number of amides is 3. The van der Waals surface area contributed by atoms with Crippen molar-refractivity contribution < 1.29 is 23.2 Å². The van der Waals surface area contributed by atoms with Gasteiger partial charge in [-0.3, -0.25) is 19.3 Å². The molecule has 0 spiro atoms. The number of hydrogen-bond donors (Lipinski definition) is 1. The fourth-order valence-corrected chi connectivity index (χ4v) is 4.05. The minimum absolute atomic E-state index is 0.0201. The number of hydrogen-bond acceptors (Lipinski definition) is 5. The van der Waals surface area contributed by atoms with Gasteiger partial charge in [-0.1, -0.05) is 18.2 Å². The lowest BCUT2D eigenvalue weighted by molar-refractivity contribution is -0.123. The van der Waals surface area contributed by atoms with E-state index >= 15 is 0 Å². The van der Waals surface area contributed by atoms with E-state index in [4.69, 9.17) is 0 Å². The highest BCUT2D eigenvalue weighted by atomic mass is 32.2. The molecule has 29 heavy (non-hydrogen) atoms. The minimum atomic E-state index is -0.516. The molecule has 150 valence electrons. The molecule has 0 atom stereocenters. The summed E-state index contributed by atoms with van der Waals surface area (Å²) in [7, 11) is 0. The van der Waals surface area contributed by atoms with Gasteiger partial charge in [0, 0.05) is 23.5 Å². The molecule has 2 aromatic rings. The van der Waals surface area contributed by atoms with Gasteiger partial charge in [-0.25, -0.2) is 8.78 Å². The van der Waals surface area contributed by atoms with Crippen LogP contribution < -0.4 is 5.32 Å². The van der Waals surface area contributed by atoms with Crippen molar-refractivity contribution in [1.29, 1.82) is 0 Å². The zero-order chi connectivity index (χ0) is 20.8. The monoisotopic (exact) mass is 434 g/mol. The van der Waals surface area contributed by atoms with E-state index in [1.54, 1.807) is 18.2 Å². The molecule has 1 heterocycles. The number of carbonyl (C=O) groups excluding carboxylic acids is 3. The molecule has 1 aliphatic rings. The highest BCUT2D eigenvalue weighted by molar-refractivity contribution is 8.18. The second kappa shape index (κ2) is 9.71. The van der Waals surface area contributed by atoms with Crippen LogP contribution in [0.1, 0.15) is 5.56 Å². The van der Waals surface area contributed by atoms with E-state index in [0.717, 1.165) is 21.6 Å². The molecule has 0 saturated carbocycles. The van der Waals surface area contributed by atoms with Crippen molar-refractivity contribution in [2.75, 3.05) is 18.8 Å².